The molecule has 0 spiro atoms. The van der Waals surface area contributed by atoms with E-state index in [-0.39, 0.29) is 0 Å². The number of hydrogen-bond acceptors (Lipinski definition) is 0. The predicted octanol–water partition coefficient (Wildman–Crippen LogP) is 7.42. The van der Waals surface area contributed by atoms with E-state index in [4.69, 9.17) is 0 Å². The van der Waals surface area contributed by atoms with E-state index in [9.17, 15) is 0 Å². The first-order valence-corrected chi connectivity index (χ1v) is 9.65. The molecule has 0 unspecified atom stereocenters. The molecule has 0 heterocycles. The van der Waals surface area contributed by atoms with Gasteiger partial charge in [-0.3, -0.25) is 0 Å². The van der Waals surface area contributed by atoms with Crippen LogP contribution in [0.25, 0.3) is 28.0 Å². The Hall–Kier alpha value is -2.34. The van der Waals surface area contributed by atoms with Gasteiger partial charge in [-0.25, -0.2) is 0 Å². The van der Waals surface area contributed by atoms with Gasteiger partial charge >= 0.3 is 0 Å². The second kappa shape index (κ2) is 7.27. The molecular weight excluding hydrogens is 300 g/mol. The Kier molecular flexibility index (Phi) is 4.70. The molecule has 0 aromatic heterocycles. The van der Waals surface area contributed by atoms with Crippen molar-refractivity contribution in [3.8, 4) is 11.1 Å². The average molecular weight is 326 g/mol. The number of unbranched alkanes of at least 4 members (excludes halogenated alkanes) is 3. The van der Waals surface area contributed by atoms with Crippen LogP contribution in [0.15, 0.2) is 66.2 Å². The zero-order valence-electron chi connectivity index (χ0n) is 15.1. The van der Waals surface area contributed by atoms with Gasteiger partial charge in [-0.15, -0.1) is 0 Å². The monoisotopic (exact) mass is 326 g/mol. The van der Waals surface area contributed by atoms with Gasteiger partial charge in [-0.1, -0.05) is 92.4 Å². The van der Waals surface area contributed by atoms with Crippen molar-refractivity contribution in [2.24, 2.45) is 0 Å². The Morgan fingerprint density at radius 1 is 0.800 bits per heavy atom. The van der Waals surface area contributed by atoms with E-state index in [1.807, 2.05) is 0 Å². The molecule has 0 radical (unpaired) electrons. The molecule has 0 heteroatoms. The molecular formula is C25H26. The van der Waals surface area contributed by atoms with Crippen molar-refractivity contribution in [3.05, 3.63) is 77.4 Å². The lowest BCUT2D eigenvalue weighted by Gasteiger charge is -2.09. The molecule has 126 valence electrons. The highest BCUT2D eigenvalue weighted by Gasteiger charge is 2.16. The minimum atomic E-state index is 1.14. The van der Waals surface area contributed by atoms with Gasteiger partial charge in [0.25, 0.3) is 0 Å². The number of fused-ring (bicyclic) bond motifs is 2. The van der Waals surface area contributed by atoms with E-state index in [1.54, 1.807) is 5.57 Å². The van der Waals surface area contributed by atoms with Crippen molar-refractivity contribution in [1.29, 1.82) is 0 Å². The molecule has 3 aromatic rings. The summed E-state index contributed by atoms with van der Waals surface area (Å²) in [6.07, 6.45) is 10.2. The van der Waals surface area contributed by atoms with Gasteiger partial charge in [-0.2, -0.15) is 0 Å². The van der Waals surface area contributed by atoms with Gasteiger partial charge in [0.05, 0.1) is 0 Å². The fourth-order valence-corrected chi connectivity index (χ4v) is 3.99. The summed E-state index contributed by atoms with van der Waals surface area (Å²) in [5, 5.41) is 2.63. The molecule has 1 aliphatic rings. The summed E-state index contributed by atoms with van der Waals surface area (Å²) in [5.74, 6) is 0. The van der Waals surface area contributed by atoms with E-state index in [0.717, 1.165) is 6.42 Å². The van der Waals surface area contributed by atoms with Crippen LogP contribution >= 0.6 is 0 Å². The summed E-state index contributed by atoms with van der Waals surface area (Å²) in [5.41, 5.74) is 7.27. The molecule has 0 bridgehead atoms. The van der Waals surface area contributed by atoms with Crippen molar-refractivity contribution in [2.75, 3.05) is 0 Å². The summed E-state index contributed by atoms with van der Waals surface area (Å²) in [4.78, 5) is 0. The van der Waals surface area contributed by atoms with Gasteiger partial charge in [0.2, 0.25) is 0 Å². The van der Waals surface area contributed by atoms with Crippen molar-refractivity contribution < 1.29 is 0 Å². The predicted molar refractivity (Wildman–Crippen MR) is 110 cm³/mol. The van der Waals surface area contributed by atoms with Crippen molar-refractivity contribution in [2.45, 2.75) is 45.4 Å². The SMILES string of the molecule is CCCCCCC1=Cc2c(cccc2-c2ccc3ccccc3c2)C1. The molecule has 25 heavy (non-hydrogen) atoms. The van der Waals surface area contributed by atoms with Crippen LogP contribution in [0, 0.1) is 0 Å². The van der Waals surface area contributed by atoms with E-state index in [0.29, 0.717) is 0 Å². The van der Waals surface area contributed by atoms with E-state index in [2.05, 4.69) is 73.7 Å². The lowest BCUT2D eigenvalue weighted by Crippen LogP contribution is -1.88. The largest absolute Gasteiger partial charge is 0.0654 e. The van der Waals surface area contributed by atoms with Gasteiger partial charge in [0.15, 0.2) is 0 Å². The van der Waals surface area contributed by atoms with Crippen LogP contribution < -0.4 is 0 Å². The van der Waals surface area contributed by atoms with Crippen LogP contribution in [0.1, 0.15) is 50.2 Å². The van der Waals surface area contributed by atoms with Gasteiger partial charge in [0.1, 0.15) is 0 Å². The second-order valence-electron chi connectivity index (χ2n) is 7.23. The van der Waals surface area contributed by atoms with Crippen molar-refractivity contribution in [3.63, 3.8) is 0 Å². The topological polar surface area (TPSA) is 0 Å². The summed E-state index contributed by atoms with van der Waals surface area (Å²) >= 11 is 0. The van der Waals surface area contributed by atoms with Crippen molar-refractivity contribution >= 4 is 16.8 Å². The summed E-state index contributed by atoms with van der Waals surface area (Å²) in [6.45, 7) is 2.28. The lowest BCUT2D eigenvalue weighted by molar-refractivity contribution is 0.662. The Morgan fingerprint density at radius 3 is 2.56 bits per heavy atom. The summed E-state index contributed by atoms with van der Waals surface area (Å²) in [6, 6.07) is 22.3. The molecule has 0 fully saturated rings. The first kappa shape index (κ1) is 16.1. The zero-order chi connectivity index (χ0) is 17.1. The molecule has 4 rings (SSSR count). The first-order valence-electron chi connectivity index (χ1n) is 9.65. The molecule has 0 nitrogen and oxygen atoms in total. The number of benzene rings is 3. The highest BCUT2D eigenvalue weighted by Crippen LogP contribution is 2.36. The number of hydrogen-bond donors (Lipinski definition) is 0. The van der Waals surface area contributed by atoms with E-state index in [1.165, 1.54) is 65.1 Å². The molecule has 0 N–H and O–H groups in total. The summed E-state index contributed by atoms with van der Waals surface area (Å²) < 4.78 is 0. The standard InChI is InChI=1S/C25H26/c1-2-3-4-5-9-19-16-22-12-8-13-24(25(22)17-19)23-15-14-20-10-6-7-11-21(20)18-23/h6-8,10-15,17-18H,2-5,9,16H2,1H3. The smallest absolute Gasteiger partial charge is 0.00576 e. The number of allylic oxidation sites excluding steroid dienone is 1. The van der Waals surface area contributed by atoms with E-state index >= 15 is 0 Å². The van der Waals surface area contributed by atoms with Gasteiger partial charge in [-0.05, 0) is 58.4 Å². The molecule has 0 saturated heterocycles. The molecule has 1 aliphatic carbocycles. The van der Waals surface area contributed by atoms with Crippen molar-refractivity contribution in [1.82, 2.24) is 0 Å². The zero-order valence-corrected chi connectivity index (χ0v) is 15.1. The molecule has 0 aliphatic heterocycles. The molecule has 3 aromatic carbocycles. The third-order valence-corrected chi connectivity index (χ3v) is 5.37. The molecule has 0 amide bonds. The Labute approximate surface area is 151 Å². The minimum absolute atomic E-state index is 1.14. The van der Waals surface area contributed by atoms with Crippen LogP contribution in [0.2, 0.25) is 0 Å². The Bertz CT molecular complexity index is 914. The van der Waals surface area contributed by atoms with Crippen LogP contribution in [-0.2, 0) is 6.42 Å². The average Bonchev–Trinajstić information content (AvgIpc) is 3.08. The Balaban J connectivity index is 1.63. The van der Waals surface area contributed by atoms with Crippen LogP contribution in [0.3, 0.4) is 0 Å². The fraction of sp³-hybridized carbons (Fsp3) is 0.280. The van der Waals surface area contributed by atoms with Crippen LogP contribution in [0.5, 0.6) is 0 Å². The normalized spacial score (nSPS) is 13.1. The quantitative estimate of drug-likeness (QED) is 0.413. The highest BCUT2D eigenvalue weighted by atomic mass is 14.2. The second-order valence-corrected chi connectivity index (χ2v) is 7.23. The maximum Gasteiger partial charge on any atom is -0.00576 e. The summed E-state index contributed by atoms with van der Waals surface area (Å²) in [7, 11) is 0. The Morgan fingerprint density at radius 2 is 1.68 bits per heavy atom. The van der Waals surface area contributed by atoms with Gasteiger partial charge in [0, 0.05) is 0 Å². The third-order valence-electron chi connectivity index (χ3n) is 5.37. The first-order chi connectivity index (χ1) is 12.3. The van der Waals surface area contributed by atoms with Crippen LogP contribution in [0.4, 0.5) is 0 Å². The highest BCUT2D eigenvalue weighted by molar-refractivity contribution is 5.90. The van der Waals surface area contributed by atoms with Gasteiger partial charge < -0.3 is 0 Å². The lowest BCUT2D eigenvalue weighted by atomic mass is 9.95. The maximum absolute atomic E-state index is 2.46. The minimum Gasteiger partial charge on any atom is -0.0654 e. The molecule has 0 atom stereocenters. The fourth-order valence-electron chi connectivity index (χ4n) is 3.99. The third kappa shape index (κ3) is 3.39. The molecule has 0 saturated carbocycles. The maximum atomic E-state index is 2.46. The van der Waals surface area contributed by atoms with Crippen LogP contribution in [-0.4, -0.2) is 0 Å². The van der Waals surface area contributed by atoms with E-state index < -0.39 is 0 Å². The number of rotatable bonds is 6.